The summed E-state index contributed by atoms with van der Waals surface area (Å²) < 4.78 is 48.2. The molecule has 1 atom stereocenters. The second kappa shape index (κ2) is 2.15. The summed E-state index contributed by atoms with van der Waals surface area (Å²) in [7, 11) is 0. The van der Waals surface area contributed by atoms with E-state index in [2.05, 4.69) is 5.73 Å². The number of nitrogens with two attached hydrogens (primary N) is 1. The zero-order valence-corrected chi connectivity index (χ0v) is 4.66. The Hall–Kier alpha value is -0.290. The van der Waals surface area contributed by atoms with Crippen molar-refractivity contribution in [2.24, 2.45) is 5.73 Å². The van der Waals surface area contributed by atoms with Crippen molar-refractivity contribution in [1.82, 2.24) is 0 Å². The first-order valence-electron chi connectivity index (χ1n) is 3.08. The Morgan fingerprint density at radius 2 is 2.00 bits per heavy atom. The first-order valence-corrected chi connectivity index (χ1v) is 2.08. The molecule has 0 radical (unpaired) electrons. The van der Waals surface area contributed by atoms with E-state index in [-0.39, 0.29) is 6.92 Å². The average molecular weight is 145 g/mol. The van der Waals surface area contributed by atoms with Crippen LogP contribution < -0.4 is 5.73 Å². The van der Waals surface area contributed by atoms with Crippen molar-refractivity contribution >= 4 is 0 Å². The van der Waals surface area contributed by atoms with Crippen LogP contribution in [0, 0.1) is 0 Å². The van der Waals surface area contributed by atoms with Gasteiger partial charge in [-0.2, -0.15) is 13.2 Å². The minimum absolute atomic E-state index is 0.285. The largest absolute Gasteiger partial charge is 0.418 e. The number of hydrogen-bond donors (Lipinski definition) is 2. The Morgan fingerprint density at radius 1 is 1.67 bits per heavy atom. The molecule has 0 spiro atoms. The lowest BCUT2D eigenvalue weighted by Crippen LogP contribution is -2.48. The average Bonchev–Trinajstić information content (AvgIpc) is 1.58. The lowest BCUT2D eigenvalue weighted by Gasteiger charge is -2.23. The van der Waals surface area contributed by atoms with E-state index in [1.807, 2.05) is 0 Å². The van der Waals surface area contributed by atoms with Crippen LogP contribution >= 0.6 is 0 Å². The molecule has 0 aliphatic heterocycles. The van der Waals surface area contributed by atoms with Gasteiger partial charge in [0.1, 0.15) is 0 Å². The van der Waals surface area contributed by atoms with Crippen LogP contribution in [0.1, 0.15) is 9.67 Å². The molecule has 0 heterocycles. The van der Waals surface area contributed by atoms with Gasteiger partial charge in [0.05, 0.1) is 0 Å². The predicted molar refractivity (Wildman–Crippen MR) is 25.7 cm³/mol. The van der Waals surface area contributed by atoms with Crippen molar-refractivity contribution in [3.63, 3.8) is 0 Å². The van der Waals surface area contributed by atoms with Gasteiger partial charge >= 0.3 is 6.18 Å². The summed E-state index contributed by atoms with van der Waals surface area (Å²) in [5, 5.41) is 8.56. The fourth-order valence-electron chi connectivity index (χ4n) is 0.0818. The lowest BCUT2D eigenvalue weighted by molar-refractivity contribution is -0.248. The number of hydrogen-bond acceptors (Lipinski definition) is 2. The molecular formula is C4H8F3NO. The van der Waals surface area contributed by atoms with Gasteiger partial charge in [-0.1, -0.05) is 0 Å². The summed E-state index contributed by atoms with van der Waals surface area (Å²) in [6, 6.07) is 0. The van der Waals surface area contributed by atoms with E-state index in [0.29, 0.717) is 0 Å². The monoisotopic (exact) mass is 145 g/mol. The number of alkyl halides is 3. The zero-order chi connectivity index (χ0) is 9.50. The molecule has 0 fully saturated rings. The molecule has 0 saturated carbocycles. The maximum absolute atomic E-state index is 11.8. The molecule has 0 amide bonds. The standard InChI is InChI=1S/C4H8F3NO/c1-3(9,2-8)4(5,6)7/h9H,2,8H2,1H3/i2D2. The molecule has 0 aromatic carbocycles. The number of rotatable bonds is 1. The molecule has 1 unspecified atom stereocenters. The summed E-state index contributed by atoms with van der Waals surface area (Å²) in [4.78, 5) is 0. The van der Waals surface area contributed by atoms with E-state index in [1.165, 1.54) is 0 Å². The van der Waals surface area contributed by atoms with Gasteiger partial charge in [-0.3, -0.25) is 0 Å². The smallest absolute Gasteiger partial charge is 0.380 e. The normalized spacial score (nSPS) is 24.2. The Morgan fingerprint density at radius 3 is 2.00 bits per heavy atom. The fourth-order valence-corrected chi connectivity index (χ4v) is 0.0818. The summed E-state index contributed by atoms with van der Waals surface area (Å²) >= 11 is 0. The Labute approximate surface area is 53.3 Å². The molecule has 0 aromatic rings. The SMILES string of the molecule is [2H]C([2H])(N)C(C)(O)C(F)(F)F. The second-order valence-corrected chi connectivity index (χ2v) is 1.71. The zero-order valence-electron chi connectivity index (χ0n) is 6.66. The molecule has 0 aromatic heterocycles. The summed E-state index contributed by atoms with van der Waals surface area (Å²) in [5.41, 5.74) is 0.949. The molecule has 56 valence electrons. The first kappa shape index (κ1) is 5.49. The van der Waals surface area contributed by atoms with Gasteiger partial charge in [-0.05, 0) is 6.92 Å². The number of aliphatic hydroxyl groups is 1. The van der Waals surface area contributed by atoms with Crippen LogP contribution in [0.2, 0.25) is 0 Å². The van der Waals surface area contributed by atoms with Gasteiger partial charge < -0.3 is 10.8 Å². The molecule has 0 saturated heterocycles. The summed E-state index contributed by atoms with van der Waals surface area (Å²) in [6.07, 6.45) is -5.06. The lowest BCUT2D eigenvalue weighted by atomic mass is 10.1. The highest BCUT2D eigenvalue weighted by Gasteiger charge is 2.48. The molecule has 0 rings (SSSR count). The van der Waals surface area contributed by atoms with Crippen molar-refractivity contribution in [2.75, 3.05) is 6.50 Å². The highest BCUT2D eigenvalue weighted by Crippen LogP contribution is 2.28. The number of halogens is 3. The third-order valence-electron chi connectivity index (χ3n) is 0.833. The Kier molecular flexibility index (Phi) is 1.31. The minimum atomic E-state index is -5.06. The summed E-state index contributed by atoms with van der Waals surface area (Å²) in [6.45, 7) is -2.90. The van der Waals surface area contributed by atoms with Crippen molar-refractivity contribution in [2.45, 2.75) is 18.7 Å². The van der Waals surface area contributed by atoms with Crippen molar-refractivity contribution in [3.05, 3.63) is 0 Å². The minimum Gasteiger partial charge on any atom is -0.380 e. The molecule has 0 aliphatic carbocycles. The van der Waals surface area contributed by atoms with E-state index in [1.54, 1.807) is 0 Å². The topological polar surface area (TPSA) is 46.2 Å². The molecule has 9 heavy (non-hydrogen) atoms. The van der Waals surface area contributed by atoms with Gasteiger partial charge in [-0.25, -0.2) is 0 Å². The highest BCUT2D eigenvalue weighted by molar-refractivity contribution is 4.81. The van der Waals surface area contributed by atoms with Crippen LogP contribution in [-0.4, -0.2) is 23.4 Å². The molecule has 2 nitrogen and oxygen atoms in total. The van der Waals surface area contributed by atoms with Crippen LogP contribution in [-0.2, 0) is 0 Å². The maximum atomic E-state index is 11.8. The van der Waals surface area contributed by atoms with E-state index in [9.17, 15) is 13.2 Å². The summed E-state index contributed by atoms with van der Waals surface area (Å²) in [5.74, 6) is 0. The molecule has 5 heteroatoms. The van der Waals surface area contributed by atoms with Crippen molar-refractivity contribution < 1.29 is 21.0 Å². The van der Waals surface area contributed by atoms with Gasteiger partial charge in [0, 0.05) is 9.24 Å². The molecular weight excluding hydrogens is 135 g/mol. The third-order valence-corrected chi connectivity index (χ3v) is 0.833. The fraction of sp³-hybridized carbons (Fsp3) is 1.00. The van der Waals surface area contributed by atoms with Gasteiger partial charge in [0.2, 0.25) is 0 Å². The Balaban J connectivity index is 4.75. The van der Waals surface area contributed by atoms with Crippen LogP contribution in [0.4, 0.5) is 13.2 Å². The predicted octanol–water partition coefficient (Wildman–Crippen LogP) is 0.258. The van der Waals surface area contributed by atoms with E-state index in [4.69, 9.17) is 7.85 Å². The molecule has 3 N–H and O–H groups in total. The van der Waals surface area contributed by atoms with Gasteiger partial charge in [0.25, 0.3) is 0 Å². The quantitative estimate of drug-likeness (QED) is 0.555. The molecule has 0 aliphatic rings. The maximum Gasteiger partial charge on any atom is 0.418 e. The Bertz CT molecular complexity index is 134. The van der Waals surface area contributed by atoms with Crippen molar-refractivity contribution in [3.8, 4) is 0 Å². The van der Waals surface area contributed by atoms with Crippen LogP contribution in [0.3, 0.4) is 0 Å². The van der Waals surface area contributed by atoms with Crippen LogP contribution in [0.15, 0.2) is 0 Å². The second-order valence-electron chi connectivity index (χ2n) is 1.71. The van der Waals surface area contributed by atoms with E-state index >= 15 is 0 Å². The third kappa shape index (κ3) is 1.83. The van der Waals surface area contributed by atoms with Crippen LogP contribution in [0.5, 0.6) is 0 Å². The van der Waals surface area contributed by atoms with Crippen LogP contribution in [0.25, 0.3) is 0 Å². The first-order chi connectivity index (χ1) is 4.50. The highest BCUT2D eigenvalue weighted by atomic mass is 19.4. The van der Waals surface area contributed by atoms with Crippen molar-refractivity contribution in [1.29, 1.82) is 0 Å². The molecule has 0 bridgehead atoms. The van der Waals surface area contributed by atoms with E-state index < -0.39 is 18.3 Å². The van der Waals surface area contributed by atoms with Gasteiger partial charge in [0.15, 0.2) is 5.60 Å². The van der Waals surface area contributed by atoms with E-state index in [0.717, 1.165) is 0 Å². The van der Waals surface area contributed by atoms with Gasteiger partial charge in [-0.15, -0.1) is 0 Å².